The molecule has 0 radical (unpaired) electrons. The van der Waals surface area contributed by atoms with Crippen molar-refractivity contribution < 1.29 is 22.4 Å². The lowest BCUT2D eigenvalue weighted by molar-refractivity contribution is -0.139. The number of hydrogen-bond donors (Lipinski definition) is 2. The Balaban J connectivity index is 1.45. The number of nitriles is 1. The average Bonchev–Trinajstić information content (AvgIpc) is 3.33. The number of thiophene rings is 1. The van der Waals surface area contributed by atoms with Gasteiger partial charge in [-0.1, -0.05) is 18.2 Å². The Morgan fingerprint density at radius 1 is 0.947 bits per heavy atom. The third kappa shape index (κ3) is 5.02. The second-order valence-corrected chi connectivity index (χ2v) is 9.13. The Morgan fingerprint density at radius 3 is 2.42 bits per heavy atom. The van der Waals surface area contributed by atoms with Gasteiger partial charge in [-0.15, -0.1) is 11.3 Å². The molecule has 5 rings (SSSR count). The minimum Gasteiger partial charge on any atom is -0.308 e. The van der Waals surface area contributed by atoms with Crippen LogP contribution in [0.15, 0.2) is 79.3 Å². The second-order valence-electron chi connectivity index (χ2n) is 8.08. The van der Waals surface area contributed by atoms with Gasteiger partial charge in [-0.25, -0.2) is 9.18 Å². The van der Waals surface area contributed by atoms with Gasteiger partial charge in [0.25, 0.3) is 0 Å². The number of urea groups is 1. The Kier molecular flexibility index (Phi) is 6.48. The van der Waals surface area contributed by atoms with Crippen LogP contribution in [0.5, 0.6) is 0 Å². The zero-order chi connectivity index (χ0) is 26.9. The molecular formula is C27H15F4N5OS. The Morgan fingerprint density at radius 2 is 1.71 bits per heavy atom. The number of carbonyl (C=O) groups excluding carboxylic acids is 1. The monoisotopic (exact) mass is 533 g/mol. The summed E-state index contributed by atoms with van der Waals surface area (Å²) in [6.45, 7) is 0. The highest BCUT2D eigenvalue weighted by atomic mass is 32.1. The molecule has 0 saturated heterocycles. The van der Waals surface area contributed by atoms with E-state index in [1.807, 2.05) is 18.2 Å². The number of nitrogens with zero attached hydrogens (tertiary/aromatic N) is 3. The molecule has 0 aliphatic rings. The molecule has 2 amide bonds. The van der Waals surface area contributed by atoms with Crippen molar-refractivity contribution in [1.29, 1.82) is 5.26 Å². The van der Waals surface area contributed by atoms with Crippen molar-refractivity contribution in [3.8, 4) is 27.6 Å². The first kappa shape index (κ1) is 24.9. The summed E-state index contributed by atoms with van der Waals surface area (Å²) < 4.78 is 53.3. The molecule has 0 saturated carbocycles. The molecule has 0 unspecified atom stereocenters. The number of rotatable bonds is 4. The molecule has 3 heterocycles. The molecule has 11 heteroatoms. The van der Waals surface area contributed by atoms with E-state index in [2.05, 4.69) is 26.7 Å². The number of alkyl halides is 3. The average molecular weight is 534 g/mol. The molecule has 2 aromatic carbocycles. The number of nitrogens with one attached hydrogen (secondary N) is 2. The van der Waals surface area contributed by atoms with Gasteiger partial charge in [0.2, 0.25) is 0 Å². The van der Waals surface area contributed by atoms with E-state index in [1.54, 1.807) is 36.7 Å². The molecule has 38 heavy (non-hydrogen) atoms. The number of amides is 2. The van der Waals surface area contributed by atoms with Gasteiger partial charge in [0.05, 0.1) is 21.3 Å². The van der Waals surface area contributed by atoms with Gasteiger partial charge < -0.3 is 10.6 Å². The first-order valence-corrected chi connectivity index (χ1v) is 11.8. The number of anilines is 2. The van der Waals surface area contributed by atoms with Crippen LogP contribution in [0.4, 0.5) is 33.7 Å². The van der Waals surface area contributed by atoms with Gasteiger partial charge in [-0.2, -0.15) is 18.4 Å². The highest BCUT2D eigenvalue weighted by Crippen LogP contribution is 2.40. The Hall–Kier alpha value is -4.82. The summed E-state index contributed by atoms with van der Waals surface area (Å²) in [5, 5.41) is 14.6. The summed E-state index contributed by atoms with van der Waals surface area (Å²) >= 11 is 1.45. The van der Waals surface area contributed by atoms with Crippen molar-refractivity contribution in [3.05, 3.63) is 96.2 Å². The number of hydrogen-bond acceptors (Lipinski definition) is 5. The van der Waals surface area contributed by atoms with Gasteiger partial charge in [0, 0.05) is 46.0 Å². The molecule has 0 aliphatic heterocycles. The van der Waals surface area contributed by atoms with Crippen molar-refractivity contribution in [1.82, 2.24) is 9.97 Å². The summed E-state index contributed by atoms with van der Waals surface area (Å²) in [5.41, 5.74) is 1.82. The maximum absolute atomic E-state index is 13.5. The maximum atomic E-state index is 13.5. The molecule has 0 bridgehead atoms. The zero-order valence-corrected chi connectivity index (χ0v) is 20.0. The quantitative estimate of drug-likeness (QED) is 0.232. The largest absolute Gasteiger partial charge is 0.419 e. The third-order valence-corrected chi connectivity index (χ3v) is 6.74. The van der Waals surface area contributed by atoms with E-state index >= 15 is 0 Å². The third-order valence-electron chi connectivity index (χ3n) is 5.55. The molecule has 0 spiro atoms. The fourth-order valence-corrected chi connectivity index (χ4v) is 5.04. The highest BCUT2D eigenvalue weighted by molar-refractivity contribution is 7.22. The summed E-state index contributed by atoms with van der Waals surface area (Å²) in [7, 11) is 0. The van der Waals surface area contributed by atoms with Gasteiger partial charge in [-0.05, 0) is 48.0 Å². The summed E-state index contributed by atoms with van der Waals surface area (Å²) in [6.07, 6.45) is -0.0116. The molecule has 188 valence electrons. The molecule has 0 atom stereocenters. The van der Waals surface area contributed by atoms with Crippen LogP contribution < -0.4 is 10.6 Å². The fourth-order valence-electron chi connectivity index (χ4n) is 3.87. The minimum atomic E-state index is -4.90. The Labute approximate surface area is 217 Å². The van der Waals surface area contributed by atoms with Crippen LogP contribution in [-0.4, -0.2) is 16.0 Å². The molecule has 2 N–H and O–H groups in total. The predicted molar refractivity (Wildman–Crippen MR) is 137 cm³/mol. The molecule has 6 nitrogen and oxygen atoms in total. The minimum absolute atomic E-state index is 0.225. The molecular weight excluding hydrogens is 518 g/mol. The van der Waals surface area contributed by atoms with Crippen LogP contribution in [0.3, 0.4) is 0 Å². The summed E-state index contributed by atoms with van der Waals surface area (Å²) in [5.74, 6) is -1.44. The van der Waals surface area contributed by atoms with Crippen LogP contribution in [0.2, 0.25) is 0 Å². The lowest BCUT2D eigenvalue weighted by atomic mass is 10.0. The maximum Gasteiger partial charge on any atom is 0.419 e. The number of benzene rings is 2. The number of pyridine rings is 2. The second kappa shape index (κ2) is 9.91. The first-order valence-electron chi connectivity index (χ1n) is 11.0. The normalized spacial score (nSPS) is 11.2. The number of aromatic nitrogens is 2. The van der Waals surface area contributed by atoms with Gasteiger partial charge in [0.1, 0.15) is 11.9 Å². The van der Waals surface area contributed by atoms with E-state index in [1.165, 1.54) is 17.5 Å². The topological polar surface area (TPSA) is 90.7 Å². The number of carbonyl (C=O) groups is 1. The van der Waals surface area contributed by atoms with E-state index in [-0.39, 0.29) is 5.69 Å². The summed E-state index contributed by atoms with van der Waals surface area (Å²) in [4.78, 5) is 22.0. The van der Waals surface area contributed by atoms with Crippen molar-refractivity contribution >= 4 is 39.0 Å². The van der Waals surface area contributed by atoms with E-state index in [0.29, 0.717) is 40.0 Å². The standard InChI is InChI=1S/C27H15F4N5OS/c28-21-7-6-19(10-20(21)27(29,30)31)36-26(37)35-18-5-1-3-15(9-18)24-17(12-32)14-34-22-11-23(38-25(22)24)16-4-2-8-33-13-16/h1-11,13-14H,(H2,35,36,37). The van der Waals surface area contributed by atoms with Gasteiger partial charge in [-0.3, -0.25) is 9.97 Å². The molecule has 3 aromatic heterocycles. The molecule has 0 fully saturated rings. The smallest absolute Gasteiger partial charge is 0.308 e. The molecule has 5 aromatic rings. The van der Waals surface area contributed by atoms with Crippen LogP contribution in [0.1, 0.15) is 11.1 Å². The molecule has 0 aliphatic carbocycles. The van der Waals surface area contributed by atoms with Crippen LogP contribution in [-0.2, 0) is 6.18 Å². The van der Waals surface area contributed by atoms with Gasteiger partial charge >= 0.3 is 12.2 Å². The van der Waals surface area contributed by atoms with E-state index in [0.717, 1.165) is 21.2 Å². The van der Waals surface area contributed by atoms with Crippen molar-refractivity contribution in [3.63, 3.8) is 0 Å². The van der Waals surface area contributed by atoms with Crippen LogP contribution in [0, 0.1) is 17.1 Å². The first-order chi connectivity index (χ1) is 18.2. The zero-order valence-electron chi connectivity index (χ0n) is 19.2. The Bertz CT molecular complexity index is 1710. The van der Waals surface area contributed by atoms with E-state index in [9.17, 15) is 27.6 Å². The van der Waals surface area contributed by atoms with Gasteiger partial charge in [0.15, 0.2) is 0 Å². The lowest BCUT2D eigenvalue weighted by Gasteiger charge is -2.12. The lowest BCUT2D eigenvalue weighted by Crippen LogP contribution is -2.20. The number of fused-ring (bicyclic) bond motifs is 1. The SMILES string of the molecule is N#Cc1cnc2cc(-c3cccnc3)sc2c1-c1cccc(NC(=O)Nc2ccc(F)c(C(F)(F)F)c2)c1. The van der Waals surface area contributed by atoms with Crippen LogP contribution >= 0.6 is 11.3 Å². The predicted octanol–water partition coefficient (Wildman–Crippen LogP) is 7.70. The van der Waals surface area contributed by atoms with Crippen LogP contribution in [0.25, 0.3) is 31.8 Å². The number of halogens is 4. The van der Waals surface area contributed by atoms with E-state index in [4.69, 9.17) is 0 Å². The van der Waals surface area contributed by atoms with Crippen molar-refractivity contribution in [2.24, 2.45) is 0 Å². The van der Waals surface area contributed by atoms with Crippen molar-refractivity contribution in [2.75, 3.05) is 10.6 Å². The highest BCUT2D eigenvalue weighted by Gasteiger charge is 2.34. The van der Waals surface area contributed by atoms with Crippen molar-refractivity contribution in [2.45, 2.75) is 6.18 Å². The fraction of sp³-hybridized carbons (Fsp3) is 0.0370. The van der Waals surface area contributed by atoms with E-state index < -0.39 is 23.6 Å². The summed E-state index contributed by atoms with van der Waals surface area (Å²) in [6, 6.07) is 15.9.